The first-order valence-electron chi connectivity index (χ1n) is 4.02. The molecule has 2 heterocycles. The van der Waals surface area contributed by atoms with Crippen LogP contribution in [0.25, 0.3) is 11.3 Å². The largest absolute Gasteiger partial charge is 0.475 e. The first-order valence-corrected chi connectivity index (χ1v) is 4.02. The summed E-state index contributed by atoms with van der Waals surface area (Å²) in [7, 11) is 0. The standard InChI is InChI=1S/C9H8N2O3/c1-5-11-7(6-2-3-10-4-6)8(14-5)9(12)13/h2-4,10H,1H3,(H,12,13). The molecule has 2 aromatic rings. The molecule has 0 saturated carbocycles. The molecular formula is C9H8N2O3. The van der Waals surface area contributed by atoms with Crippen LogP contribution in [-0.2, 0) is 0 Å². The number of aryl methyl sites for hydroxylation is 1. The van der Waals surface area contributed by atoms with Crippen LogP contribution in [0.5, 0.6) is 0 Å². The molecule has 2 N–H and O–H groups in total. The van der Waals surface area contributed by atoms with E-state index in [-0.39, 0.29) is 5.76 Å². The Labute approximate surface area is 79.4 Å². The molecule has 0 fully saturated rings. The molecule has 2 aromatic heterocycles. The third-order valence-corrected chi connectivity index (χ3v) is 1.80. The lowest BCUT2D eigenvalue weighted by molar-refractivity contribution is 0.0662. The average molecular weight is 192 g/mol. The zero-order chi connectivity index (χ0) is 10.1. The molecule has 0 aliphatic heterocycles. The van der Waals surface area contributed by atoms with Gasteiger partial charge in [-0.15, -0.1) is 0 Å². The molecule has 0 aliphatic rings. The van der Waals surface area contributed by atoms with Crippen molar-refractivity contribution in [1.82, 2.24) is 9.97 Å². The van der Waals surface area contributed by atoms with Crippen LogP contribution in [-0.4, -0.2) is 21.0 Å². The number of carboxylic acid groups (broad SMARTS) is 1. The van der Waals surface area contributed by atoms with E-state index in [1.165, 1.54) is 0 Å². The molecule has 0 amide bonds. The number of nitrogens with zero attached hydrogens (tertiary/aromatic N) is 1. The number of oxazole rings is 1. The smallest absolute Gasteiger partial charge is 0.374 e. The van der Waals surface area contributed by atoms with E-state index in [9.17, 15) is 4.79 Å². The molecule has 2 rings (SSSR count). The maximum atomic E-state index is 10.8. The molecule has 0 saturated heterocycles. The van der Waals surface area contributed by atoms with Crippen LogP contribution in [0.3, 0.4) is 0 Å². The minimum atomic E-state index is -1.11. The molecule has 72 valence electrons. The van der Waals surface area contributed by atoms with Gasteiger partial charge >= 0.3 is 5.97 Å². The number of rotatable bonds is 2. The summed E-state index contributed by atoms with van der Waals surface area (Å²) in [6.45, 7) is 1.61. The van der Waals surface area contributed by atoms with Crippen molar-refractivity contribution in [2.75, 3.05) is 0 Å². The number of H-pyrrole nitrogens is 1. The molecule has 0 spiro atoms. The lowest BCUT2D eigenvalue weighted by Crippen LogP contribution is -1.95. The lowest BCUT2D eigenvalue weighted by Gasteiger charge is -1.90. The van der Waals surface area contributed by atoms with Gasteiger partial charge in [-0.3, -0.25) is 0 Å². The number of carboxylic acids is 1. The zero-order valence-corrected chi connectivity index (χ0v) is 7.44. The summed E-state index contributed by atoms with van der Waals surface area (Å²) >= 11 is 0. The second-order valence-electron chi connectivity index (χ2n) is 2.82. The van der Waals surface area contributed by atoms with Gasteiger partial charge in [0.1, 0.15) is 5.69 Å². The maximum Gasteiger partial charge on any atom is 0.374 e. The Morgan fingerprint density at radius 2 is 2.43 bits per heavy atom. The van der Waals surface area contributed by atoms with Gasteiger partial charge in [-0.2, -0.15) is 0 Å². The molecule has 0 atom stereocenters. The predicted octanol–water partition coefficient (Wildman–Crippen LogP) is 1.68. The number of hydrogen-bond donors (Lipinski definition) is 2. The van der Waals surface area contributed by atoms with Crippen LogP contribution in [0, 0.1) is 6.92 Å². The average Bonchev–Trinajstić information content (AvgIpc) is 2.70. The van der Waals surface area contributed by atoms with E-state index in [0.717, 1.165) is 0 Å². The van der Waals surface area contributed by atoms with Crippen molar-refractivity contribution in [2.45, 2.75) is 6.92 Å². The van der Waals surface area contributed by atoms with Gasteiger partial charge in [0.05, 0.1) is 0 Å². The Balaban J connectivity index is 2.58. The van der Waals surface area contributed by atoms with Gasteiger partial charge in [0.15, 0.2) is 5.89 Å². The predicted molar refractivity (Wildman–Crippen MR) is 48.0 cm³/mol. The monoisotopic (exact) mass is 192 g/mol. The number of nitrogens with one attached hydrogen (secondary N) is 1. The van der Waals surface area contributed by atoms with Crippen LogP contribution in [0.2, 0.25) is 0 Å². The normalized spacial score (nSPS) is 10.4. The highest BCUT2D eigenvalue weighted by Gasteiger charge is 2.19. The van der Waals surface area contributed by atoms with E-state index in [4.69, 9.17) is 9.52 Å². The summed E-state index contributed by atoms with van der Waals surface area (Å²) in [6, 6.07) is 1.74. The molecular weight excluding hydrogens is 184 g/mol. The van der Waals surface area contributed by atoms with Crippen LogP contribution < -0.4 is 0 Å². The van der Waals surface area contributed by atoms with Crippen molar-refractivity contribution in [1.29, 1.82) is 0 Å². The summed E-state index contributed by atoms with van der Waals surface area (Å²) in [5, 5.41) is 8.83. The van der Waals surface area contributed by atoms with E-state index in [2.05, 4.69) is 9.97 Å². The highest BCUT2D eigenvalue weighted by Crippen LogP contribution is 2.23. The highest BCUT2D eigenvalue weighted by atomic mass is 16.4. The minimum absolute atomic E-state index is 0.123. The molecule has 0 aromatic carbocycles. The Morgan fingerprint density at radius 1 is 1.64 bits per heavy atom. The molecule has 0 radical (unpaired) electrons. The van der Waals surface area contributed by atoms with E-state index >= 15 is 0 Å². The van der Waals surface area contributed by atoms with Crippen molar-refractivity contribution in [3.05, 3.63) is 30.1 Å². The van der Waals surface area contributed by atoms with Gasteiger partial charge in [-0.25, -0.2) is 9.78 Å². The number of carbonyl (C=O) groups is 1. The first kappa shape index (κ1) is 8.55. The molecule has 0 unspecified atom stereocenters. The number of aromatic nitrogens is 2. The molecule has 0 bridgehead atoms. The number of hydrogen-bond acceptors (Lipinski definition) is 3. The van der Waals surface area contributed by atoms with Crippen LogP contribution in [0.4, 0.5) is 0 Å². The van der Waals surface area contributed by atoms with Gasteiger partial charge < -0.3 is 14.5 Å². The van der Waals surface area contributed by atoms with Crippen LogP contribution in [0.1, 0.15) is 16.4 Å². The Kier molecular flexibility index (Phi) is 1.85. The molecule has 14 heavy (non-hydrogen) atoms. The Bertz CT molecular complexity index is 456. The fraction of sp³-hybridized carbons (Fsp3) is 0.111. The lowest BCUT2D eigenvalue weighted by atomic mass is 10.2. The third kappa shape index (κ3) is 1.28. The highest BCUT2D eigenvalue weighted by molar-refractivity contribution is 5.91. The summed E-state index contributed by atoms with van der Waals surface area (Å²) in [4.78, 5) is 17.6. The summed E-state index contributed by atoms with van der Waals surface area (Å²) in [5.74, 6) is -0.887. The van der Waals surface area contributed by atoms with Crippen molar-refractivity contribution < 1.29 is 14.3 Å². The number of aromatic amines is 1. The SMILES string of the molecule is Cc1nc(-c2cc[nH]c2)c(C(=O)O)o1. The van der Waals surface area contributed by atoms with Crippen molar-refractivity contribution in [3.63, 3.8) is 0 Å². The van der Waals surface area contributed by atoms with Crippen molar-refractivity contribution in [2.24, 2.45) is 0 Å². The topological polar surface area (TPSA) is 79.1 Å². The van der Waals surface area contributed by atoms with E-state index in [0.29, 0.717) is 17.1 Å². The second kappa shape index (κ2) is 3.02. The summed E-state index contributed by atoms with van der Waals surface area (Å²) in [6.07, 6.45) is 3.37. The van der Waals surface area contributed by atoms with E-state index < -0.39 is 5.97 Å². The number of aromatic carboxylic acids is 1. The van der Waals surface area contributed by atoms with Gasteiger partial charge in [0.25, 0.3) is 0 Å². The second-order valence-corrected chi connectivity index (χ2v) is 2.82. The Morgan fingerprint density at radius 3 is 3.00 bits per heavy atom. The molecule has 0 aliphatic carbocycles. The van der Waals surface area contributed by atoms with Gasteiger partial charge in [-0.05, 0) is 6.07 Å². The first-order chi connectivity index (χ1) is 6.68. The van der Waals surface area contributed by atoms with Crippen molar-refractivity contribution in [3.8, 4) is 11.3 Å². The summed E-state index contributed by atoms with van der Waals surface area (Å²) < 4.78 is 4.98. The van der Waals surface area contributed by atoms with Crippen molar-refractivity contribution >= 4 is 5.97 Å². The fourth-order valence-electron chi connectivity index (χ4n) is 1.24. The fourth-order valence-corrected chi connectivity index (χ4v) is 1.24. The van der Waals surface area contributed by atoms with E-state index in [1.54, 1.807) is 25.4 Å². The molecule has 5 heteroatoms. The molecule has 5 nitrogen and oxygen atoms in total. The maximum absolute atomic E-state index is 10.8. The van der Waals surface area contributed by atoms with Gasteiger partial charge in [-0.1, -0.05) is 0 Å². The summed E-state index contributed by atoms with van der Waals surface area (Å²) in [5.41, 5.74) is 1.07. The Hall–Kier alpha value is -2.04. The zero-order valence-electron chi connectivity index (χ0n) is 7.44. The quantitative estimate of drug-likeness (QED) is 0.758. The van der Waals surface area contributed by atoms with Crippen LogP contribution >= 0.6 is 0 Å². The van der Waals surface area contributed by atoms with Gasteiger partial charge in [0, 0.05) is 24.9 Å². The third-order valence-electron chi connectivity index (χ3n) is 1.80. The van der Waals surface area contributed by atoms with E-state index in [1.807, 2.05) is 0 Å². The van der Waals surface area contributed by atoms with Crippen LogP contribution in [0.15, 0.2) is 22.9 Å². The van der Waals surface area contributed by atoms with Gasteiger partial charge in [0.2, 0.25) is 5.76 Å². The minimum Gasteiger partial charge on any atom is -0.475 e.